The van der Waals surface area contributed by atoms with Gasteiger partial charge in [0, 0.05) is 16.1 Å². The molecule has 0 spiro atoms. The van der Waals surface area contributed by atoms with Gasteiger partial charge < -0.3 is 19.0 Å². The van der Waals surface area contributed by atoms with Crippen molar-refractivity contribution >= 4 is 39.7 Å². The fourth-order valence-electron chi connectivity index (χ4n) is 2.24. The molecule has 0 aliphatic rings. The first-order chi connectivity index (χ1) is 13.5. The van der Waals surface area contributed by atoms with Gasteiger partial charge in [-0.3, -0.25) is 0 Å². The maximum Gasteiger partial charge on any atom is 0.342 e. The maximum absolute atomic E-state index is 11.6. The molecule has 28 heavy (non-hydrogen) atoms. The molecule has 1 aromatic heterocycles. The Morgan fingerprint density at radius 1 is 1.11 bits per heavy atom. The van der Waals surface area contributed by atoms with Crippen LogP contribution < -0.4 is 9.47 Å². The first kappa shape index (κ1) is 20.0. The summed E-state index contributed by atoms with van der Waals surface area (Å²) in [4.78, 5) is 11.7. The molecule has 0 bridgehead atoms. The highest BCUT2D eigenvalue weighted by Gasteiger charge is 2.17. The normalized spacial score (nSPS) is 11.3. The van der Waals surface area contributed by atoms with E-state index < -0.39 is 5.97 Å². The third-order valence-electron chi connectivity index (χ3n) is 3.58. The molecule has 0 aliphatic heterocycles. The van der Waals surface area contributed by atoms with Gasteiger partial charge in [-0.2, -0.15) is 0 Å². The van der Waals surface area contributed by atoms with E-state index in [0.29, 0.717) is 17.1 Å². The van der Waals surface area contributed by atoms with Crippen molar-refractivity contribution in [3.8, 4) is 23.0 Å². The average Bonchev–Trinajstić information content (AvgIpc) is 3.17. The summed E-state index contributed by atoms with van der Waals surface area (Å²) in [5.41, 5.74) is 1.34. The topological polar surface area (TPSA) is 94.7 Å². The number of aromatic nitrogens is 2. The molecule has 7 nitrogen and oxygen atoms in total. The molecule has 0 fully saturated rings. The van der Waals surface area contributed by atoms with Crippen LogP contribution in [-0.2, 0) is 4.79 Å². The largest absolute Gasteiger partial charge is 0.497 e. The first-order valence-corrected chi connectivity index (χ1v) is 9.55. The average molecular weight is 463 g/mol. The molecule has 0 unspecified atom stereocenters. The van der Waals surface area contributed by atoms with Gasteiger partial charge in [-0.25, -0.2) is 4.79 Å². The minimum atomic E-state index is -1.09. The van der Waals surface area contributed by atoms with E-state index in [-0.39, 0.29) is 16.0 Å². The second kappa shape index (κ2) is 8.94. The van der Waals surface area contributed by atoms with Crippen LogP contribution in [0.5, 0.6) is 11.5 Å². The molecule has 3 aromatic rings. The number of carbonyl (C=O) groups is 1. The van der Waals surface area contributed by atoms with E-state index in [9.17, 15) is 9.90 Å². The number of thioether (sulfide) groups is 1. The zero-order chi connectivity index (χ0) is 20.1. The summed E-state index contributed by atoms with van der Waals surface area (Å²) >= 11 is 4.22. The number of rotatable bonds is 7. The lowest BCUT2D eigenvalue weighted by Gasteiger charge is -2.05. The summed E-state index contributed by atoms with van der Waals surface area (Å²) in [5.74, 6) is 0.287. The van der Waals surface area contributed by atoms with E-state index in [4.69, 9.17) is 13.9 Å². The SMILES string of the molecule is COc1cc(OC)cc(-c2nnc(S/C(=C\c3ccc(Br)cc3)C(=O)O)o2)c1. The molecule has 144 valence electrons. The number of carboxylic acids is 1. The molecule has 2 aromatic carbocycles. The van der Waals surface area contributed by atoms with Crippen molar-refractivity contribution in [1.29, 1.82) is 0 Å². The Labute approximate surface area is 173 Å². The Balaban J connectivity index is 1.86. The summed E-state index contributed by atoms with van der Waals surface area (Å²) in [6.07, 6.45) is 1.54. The van der Waals surface area contributed by atoms with Crippen LogP contribution in [0.4, 0.5) is 0 Å². The fraction of sp³-hybridized carbons (Fsp3) is 0.105. The van der Waals surface area contributed by atoms with Gasteiger partial charge in [-0.15, -0.1) is 10.2 Å². The highest BCUT2D eigenvalue weighted by Crippen LogP contribution is 2.33. The molecule has 1 N–H and O–H groups in total. The third kappa shape index (κ3) is 4.93. The van der Waals surface area contributed by atoms with Gasteiger partial charge in [-0.05, 0) is 47.7 Å². The van der Waals surface area contributed by atoms with Crippen LogP contribution in [0.15, 0.2) is 61.5 Å². The van der Waals surface area contributed by atoms with E-state index >= 15 is 0 Å². The van der Waals surface area contributed by atoms with Gasteiger partial charge in [0.15, 0.2) is 0 Å². The highest BCUT2D eigenvalue weighted by molar-refractivity contribution is 9.10. The van der Waals surface area contributed by atoms with E-state index in [1.807, 2.05) is 12.1 Å². The molecular formula is C19H15BrN2O5S. The standard InChI is InChI=1S/C19H15BrN2O5S/c1-25-14-8-12(9-15(10-14)26-2)17-21-22-19(27-17)28-16(18(23)24)7-11-3-5-13(20)6-4-11/h3-10H,1-2H3,(H,23,24)/b16-7-. The van der Waals surface area contributed by atoms with Crippen molar-refractivity contribution in [2.24, 2.45) is 0 Å². The zero-order valence-corrected chi connectivity index (χ0v) is 17.3. The van der Waals surface area contributed by atoms with Crippen LogP contribution in [0.25, 0.3) is 17.5 Å². The van der Waals surface area contributed by atoms with Crippen LogP contribution in [0.1, 0.15) is 5.56 Å². The molecule has 0 saturated carbocycles. The van der Waals surface area contributed by atoms with Crippen molar-refractivity contribution < 1.29 is 23.8 Å². The molecule has 3 rings (SSSR count). The summed E-state index contributed by atoms with van der Waals surface area (Å²) in [6.45, 7) is 0. The van der Waals surface area contributed by atoms with E-state index in [1.165, 1.54) is 6.08 Å². The van der Waals surface area contributed by atoms with Crippen LogP contribution >= 0.6 is 27.7 Å². The van der Waals surface area contributed by atoms with E-state index in [0.717, 1.165) is 21.8 Å². The third-order valence-corrected chi connectivity index (χ3v) is 4.96. The van der Waals surface area contributed by atoms with Crippen molar-refractivity contribution in [3.05, 3.63) is 57.4 Å². The highest BCUT2D eigenvalue weighted by atomic mass is 79.9. The molecule has 0 saturated heterocycles. The lowest BCUT2D eigenvalue weighted by Crippen LogP contribution is -1.96. The van der Waals surface area contributed by atoms with Gasteiger partial charge in [0.25, 0.3) is 5.22 Å². The molecule has 0 radical (unpaired) electrons. The zero-order valence-electron chi connectivity index (χ0n) is 14.9. The summed E-state index contributed by atoms with van der Waals surface area (Å²) in [5, 5.41) is 17.5. The lowest BCUT2D eigenvalue weighted by atomic mass is 10.2. The van der Waals surface area contributed by atoms with Crippen LogP contribution in [-0.4, -0.2) is 35.5 Å². The Kier molecular flexibility index (Phi) is 6.37. The van der Waals surface area contributed by atoms with Gasteiger partial charge in [0.1, 0.15) is 16.4 Å². The Morgan fingerprint density at radius 3 is 2.32 bits per heavy atom. The van der Waals surface area contributed by atoms with Crippen molar-refractivity contribution in [3.63, 3.8) is 0 Å². The number of methoxy groups -OCH3 is 2. The molecule has 9 heteroatoms. The van der Waals surface area contributed by atoms with Gasteiger partial charge in [0.2, 0.25) is 5.89 Å². The number of aliphatic carboxylic acids is 1. The monoisotopic (exact) mass is 462 g/mol. The molecule has 1 heterocycles. The van der Waals surface area contributed by atoms with Crippen molar-refractivity contribution in [1.82, 2.24) is 10.2 Å². The minimum absolute atomic E-state index is 0.0562. The molecule has 0 amide bonds. The Morgan fingerprint density at radius 2 is 1.75 bits per heavy atom. The summed E-state index contributed by atoms with van der Waals surface area (Å²) in [6, 6.07) is 12.4. The number of hydrogen-bond donors (Lipinski definition) is 1. The van der Waals surface area contributed by atoms with Crippen molar-refractivity contribution in [2.45, 2.75) is 5.22 Å². The number of carboxylic acid groups (broad SMARTS) is 1. The Bertz CT molecular complexity index is 995. The molecular weight excluding hydrogens is 448 g/mol. The molecule has 0 atom stereocenters. The van der Waals surface area contributed by atoms with E-state index in [2.05, 4.69) is 26.1 Å². The van der Waals surface area contributed by atoms with E-state index in [1.54, 1.807) is 44.6 Å². The molecule has 0 aliphatic carbocycles. The number of hydrogen-bond acceptors (Lipinski definition) is 7. The van der Waals surface area contributed by atoms with Gasteiger partial charge in [-0.1, -0.05) is 28.1 Å². The lowest BCUT2D eigenvalue weighted by molar-refractivity contribution is -0.131. The van der Waals surface area contributed by atoms with Gasteiger partial charge in [0.05, 0.1) is 14.2 Å². The fourth-order valence-corrected chi connectivity index (χ4v) is 3.17. The predicted octanol–water partition coefficient (Wildman–Crippen LogP) is 4.73. The number of benzene rings is 2. The van der Waals surface area contributed by atoms with Crippen molar-refractivity contribution in [2.75, 3.05) is 14.2 Å². The maximum atomic E-state index is 11.6. The number of ether oxygens (including phenoxy) is 2. The summed E-state index contributed by atoms with van der Waals surface area (Å²) in [7, 11) is 3.08. The Hall–Kier alpha value is -2.78. The number of nitrogens with zero attached hydrogens (tertiary/aromatic N) is 2. The van der Waals surface area contributed by atoms with Crippen LogP contribution in [0, 0.1) is 0 Å². The number of halogens is 1. The van der Waals surface area contributed by atoms with Crippen LogP contribution in [0.3, 0.4) is 0 Å². The second-order valence-corrected chi connectivity index (χ2v) is 7.35. The summed E-state index contributed by atoms with van der Waals surface area (Å²) < 4.78 is 17.0. The predicted molar refractivity (Wildman–Crippen MR) is 108 cm³/mol. The second-order valence-electron chi connectivity index (χ2n) is 5.44. The first-order valence-electron chi connectivity index (χ1n) is 7.94. The van der Waals surface area contributed by atoms with Gasteiger partial charge >= 0.3 is 5.97 Å². The quantitative estimate of drug-likeness (QED) is 0.397. The smallest absolute Gasteiger partial charge is 0.342 e. The minimum Gasteiger partial charge on any atom is -0.497 e. The van der Waals surface area contributed by atoms with Crippen LogP contribution in [0.2, 0.25) is 0 Å².